The molecule has 0 aliphatic heterocycles. The first-order valence-corrected chi connectivity index (χ1v) is 25.8. The number of phosphoric ester groups is 1. The molecule has 0 aliphatic rings. The van der Waals surface area contributed by atoms with E-state index in [9.17, 15) is 19.0 Å². The van der Waals surface area contributed by atoms with Crippen LogP contribution in [0.15, 0.2) is 0 Å². The van der Waals surface area contributed by atoms with E-state index < -0.39 is 26.5 Å². The van der Waals surface area contributed by atoms with E-state index in [2.05, 4.69) is 13.8 Å². The summed E-state index contributed by atoms with van der Waals surface area (Å²) in [6, 6.07) is 0. The number of hydrogen-bond donors (Lipinski definition) is 1. The van der Waals surface area contributed by atoms with Gasteiger partial charge in [0, 0.05) is 12.8 Å². The minimum absolute atomic E-state index is 0.0369. The lowest BCUT2D eigenvalue weighted by atomic mass is 10.0. The molecule has 1 unspecified atom stereocenters. The maximum Gasteiger partial charge on any atom is 0.472 e. The van der Waals surface area contributed by atoms with Gasteiger partial charge in [-0.3, -0.25) is 18.6 Å². The molecule has 0 aromatic carbocycles. The second-order valence-corrected chi connectivity index (χ2v) is 19.3. The van der Waals surface area contributed by atoms with E-state index in [-0.39, 0.29) is 25.6 Å². The Morgan fingerprint density at radius 3 is 1.12 bits per heavy atom. The van der Waals surface area contributed by atoms with Gasteiger partial charge < -0.3 is 18.9 Å². The summed E-state index contributed by atoms with van der Waals surface area (Å²) in [6.45, 7) is 4.47. The third-order valence-electron chi connectivity index (χ3n) is 10.9. The summed E-state index contributed by atoms with van der Waals surface area (Å²) in [5.41, 5.74) is 0. The van der Waals surface area contributed by atoms with E-state index in [1.165, 1.54) is 173 Å². The zero-order valence-electron chi connectivity index (χ0n) is 38.4. The van der Waals surface area contributed by atoms with Crippen molar-refractivity contribution >= 4 is 19.8 Å². The maximum atomic E-state index is 12.7. The molecule has 0 aliphatic carbocycles. The van der Waals surface area contributed by atoms with Gasteiger partial charge in [-0.05, 0) is 12.8 Å². The monoisotopic (exact) mass is 833 g/mol. The molecule has 0 rings (SSSR count). The Morgan fingerprint density at radius 1 is 0.474 bits per heavy atom. The predicted molar refractivity (Wildman–Crippen MR) is 238 cm³/mol. The van der Waals surface area contributed by atoms with Crippen LogP contribution in [0, 0.1) is 0 Å². The van der Waals surface area contributed by atoms with Crippen molar-refractivity contribution < 1.29 is 42.1 Å². The molecule has 9 nitrogen and oxygen atoms in total. The second kappa shape index (κ2) is 40.4. The Bertz CT molecular complexity index is 943. The molecule has 1 N–H and O–H groups in total. The highest BCUT2D eigenvalue weighted by atomic mass is 31.2. The van der Waals surface area contributed by atoms with Gasteiger partial charge in [0.05, 0.1) is 27.7 Å². The van der Waals surface area contributed by atoms with Gasteiger partial charge in [0.25, 0.3) is 0 Å². The fourth-order valence-electron chi connectivity index (χ4n) is 7.08. The highest BCUT2D eigenvalue weighted by Crippen LogP contribution is 2.43. The van der Waals surface area contributed by atoms with Crippen molar-refractivity contribution in [2.75, 3.05) is 47.5 Å². The quantitative estimate of drug-likeness (QED) is 0.0280. The number of unbranched alkanes of at least 4 members (excludes halogenated alkanes) is 31. The largest absolute Gasteiger partial charge is 0.472 e. The average Bonchev–Trinajstić information content (AvgIpc) is 3.16. The number of carbonyl (C=O) groups is 2. The van der Waals surface area contributed by atoms with Gasteiger partial charge in [-0.25, -0.2) is 4.57 Å². The molecule has 340 valence electrons. The van der Waals surface area contributed by atoms with Gasteiger partial charge in [0.2, 0.25) is 0 Å². The highest BCUT2D eigenvalue weighted by molar-refractivity contribution is 7.47. The van der Waals surface area contributed by atoms with Crippen LogP contribution in [0.4, 0.5) is 0 Å². The van der Waals surface area contributed by atoms with Crippen molar-refractivity contribution in [3.63, 3.8) is 0 Å². The van der Waals surface area contributed by atoms with E-state index in [4.69, 9.17) is 18.5 Å². The number of esters is 2. The number of nitrogens with zero attached hydrogens (tertiary/aromatic N) is 1. The zero-order valence-corrected chi connectivity index (χ0v) is 39.2. The standard InChI is InChI=1S/C47H94NO8P/c1-6-8-10-12-14-16-18-20-21-22-23-24-25-26-27-28-30-31-33-35-37-39-46(49)53-43-45(44-55-57(51,52)54-42-41-48(3,4)5)56-47(50)40-38-36-34-32-29-19-17-15-13-11-9-7-2/h45H,6-44H2,1-5H3/p+1/t45-/m0/s1. The summed E-state index contributed by atoms with van der Waals surface area (Å²) in [5.74, 6) is -0.781. The average molecular weight is 833 g/mol. The Kier molecular flexibility index (Phi) is 39.7. The zero-order chi connectivity index (χ0) is 42.1. The van der Waals surface area contributed by atoms with E-state index in [1.807, 2.05) is 21.1 Å². The highest BCUT2D eigenvalue weighted by Gasteiger charge is 2.27. The lowest BCUT2D eigenvalue weighted by molar-refractivity contribution is -0.870. The predicted octanol–water partition coefficient (Wildman–Crippen LogP) is 14.0. The first kappa shape index (κ1) is 56.0. The SMILES string of the molecule is CCCCCCCCCCCCCCCCCCCCCCCC(=O)OC[C@@H](COP(=O)(O)OCC[N+](C)(C)C)OC(=O)CCCCCCCCCCCCCC. The Balaban J connectivity index is 4.17. The minimum Gasteiger partial charge on any atom is -0.462 e. The van der Waals surface area contributed by atoms with Crippen molar-refractivity contribution in [1.29, 1.82) is 0 Å². The molecular formula is C47H95NO8P+. The number of carbonyl (C=O) groups excluding carboxylic acids is 2. The van der Waals surface area contributed by atoms with Gasteiger partial charge in [0.15, 0.2) is 6.10 Å². The normalized spacial score (nSPS) is 13.4. The molecule has 2 atom stereocenters. The molecule has 10 heteroatoms. The van der Waals surface area contributed by atoms with Crippen LogP contribution >= 0.6 is 7.82 Å². The Hall–Kier alpha value is -0.990. The summed E-state index contributed by atoms with van der Waals surface area (Å²) >= 11 is 0. The van der Waals surface area contributed by atoms with Crippen LogP contribution < -0.4 is 0 Å². The van der Waals surface area contributed by atoms with Crippen molar-refractivity contribution in [1.82, 2.24) is 0 Å². The minimum atomic E-state index is -4.37. The second-order valence-electron chi connectivity index (χ2n) is 17.9. The first-order valence-electron chi connectivity index (χ1n) is 24.3. The Morgan fingerprint density at radius 2 is 0.789 bits per heavy atom. The third-order valence-corrected chi connectivity index (χ3v) is 11.9. The molecule has 0 spiro atoms. The van der Waals surface area contributed by atoms with Crippen LogP contribution in [0.3, 0.4) is 0 Å². The van der Waals surface area contributed by atoms with Crippen LogP contribution in [-0.2, 0) is 32.7 Å². The van der Waals surface area contributed by atoms with Crippen LogP contribution in [0.1, 0.15) is 239 Å². The number of likely N-dealkylation sites (N-methyl/N-ethyl adjacent to an activating group) is 1. The van der Waals surface area contributed by atoms with Crippen LogP contribution in [0.25, 0.3) is 0 Å². The molecule has 0 aromatic rings. The lowest BCUT2D eigenvalue weighted by Crippen LogP contribution is -2.37. The summed E-state index contributed by atoms with van der Waals surface area (Å²) in [4.78, 5) is 35.4. The van der Waals surface area contributed by atoms with E-state index in [1.54, 1.807) is 0 Å². The lowest BCUT2D eigenvalue weighted by Gasteiger charge is -2.24. The van der Waals surface area contributed by atoms with Crippen molar-refractivity contribution in [2.45, 2.75) is 245 Å². The van der Waals surface area contributed by atoms with Gasteiger partial charge in [-0.15, -0.1) is 0 Å². The molecular weight excluding hydrogens is 737 g/mol. The number of hydrogen-bond acceptors (Lipinski definition) is 7. The van der Waals surface area contributed by atoms with E-state index >= 15 is 0 Å². The van der Waals surface area contributed by atoms with E-state index in [0.717, 1.165) is 38.5 Å². The van der Waals surface area contributed by atoms with E-state index in [0.29, 0.717) is 17.4 Å². The first-order chi connectivity index (χ1) is 27.5. The molecule has 0 radical (unpaired) electrons. The van der Waals surface area contributed by atoms with Gasteiger partial charge in [0.1, 0.15) is 19.8 Å². The third kappa shape index (κ3) is 44.4. The van der Waals surface area contributed by atoms with Gasteiger partial charge in [-0.2, -0.15) is 0 Å². The molecule has 0 amide bonds. The molecule has 0 saturated carbocycles. The molecule has 0 bridgehead atoms. The van der Waals surface area contributed by atoms with Gasteiger partial charge in [-0.1, -0.05) is 213 Å². The molecule has 0 fully saturated rings. The molecule has 0 aromatic heterocycles. The summed E-state index contributed by atoms with van der Waals surface area (Å²) < 4.78 is 34.4. The van der Waals surface area contributed by atoms with Gasteiger partial charge >= 0.3 is 19.8 Å². The maximum absolute atomic E-state index is 12.7. The van der Waals surface area contributed by atoms with Crippen LogP contribution in [-0.4, -0.2) is 74.9 Å². The topological polar surface area (TPSA) is 108 Å². The summed E-state index contributed by atoms with van der Waals surface area (Å²) in [7, 11) is 1.49. The number of phosphoric acid groups is 1. The number of rotatable bonds is 45. The van der Waals surface area contributed by atoms with Crippen molar-refractivity contribution in [2.24, 2.45) is 0 Å². The number of ether oxygens (including phenoxy) is 2. The fraction of sp³-hybridized carbons (Fsp3) is 0.957. The van der Waals surface area contributed by atoms with Crippen LogP contribution in [0.2, 0.25) is 0 Å². The fourth-order valence-corrected chi connectivity index (χ4v) is 7.82. The van der Waals surface area contributed by atoms with Crippen LogP contribution in [0.5, 0.6) is 0 Å². The molecule has 0 saturated heterocycles. The smallest absolute Gasteiger partial charge is 0.462 e. The Labute approximate surface area is 353 Å². The van der Waals surface area contributed by atoms with Crippen molar-refractivity contribution in [3.05, 3.63) is 0 Å². The summed E-state index contributed by atoms with van der Waals surface area (Å²) in [6.07, 6.45) is 41.5. The molecule has 0 heterocycles. The molecule has 57 heavy (non-hydrogen) atoms. The number of quaternary nitrogens is 1. The summed E-state index contributed by atoms with van der Waals surface area (Å²) in [5, 5.41) is 0. The van der Waals surface area contributed by atoms with Crippen molar-refractivity contribution in [3.8, 4) is 0 Å².